The van der Waals surface area contributed by atoms with Gasteiger partial charge in [-0.3, -0.25) is 29.4 Å². The second-order valence-electron chi connectivity index (χ2n) is 13.7. The average Bonchev–Trinajstić information content (AvgIpc) is 3.75. The molecule has 1 saturated carbocycles. The minimum atomic E-state index is -0.988. The highest BCUT2D eigenvalue weighted by Gasteiger charge is 2.45. The van der Waals surface area contributed by atoms with Crippen molar-refractivity contribution in [2.24, 2.45) is 0 Å². The molecule has 2 aliphatic heterocycles. The number of benzene rings is 3. The van der Waals surface area contributed by atoms with Crippen LogP contribution in [0, 0.1) is 0 Å². The minimum absolute atomic E-state index is 0.0379. The summed E-state index contributed by atoms with van der Waals surface area (Å²) >= 11 is 0. The smallest absolute Gasteiger partial charge is 0.262 e. The van der Waals surface area contributed by atoms with Gasteiger partial charge in [0, 0.05) is 48.7 Å². The fourth-order valence-electron chi connectivity index (χ4n) is 6.89. The van der Waals surface area contributed by atoms with E-state index >= 15 is 0 Å². The lowest BCUT2D eigenvalue weighted by molar-refractivity contribution is -0.136. The molecule has 8 rings (SSSR count). The summed E-state index contributed by atoms with van der Waals surface area (Å²) in [6.45, 7) is 4.36. The van der Waals surface area contributed by atoms with Gasteiger partial charge in [-0.05, 0) is 66.1 Å². The lowest BCUT2D eigenvalue weighted by Crippen LogP contribution is -2.54. The normalized spacial score (nSPS) is 19.9. The third kappa shape index (κ3) is 6.25. The molecule has 0 bridgehead atoms. The SMILES string of the molecule is CC(C)(c1ccc(Oc2cc(-n3ccnn3)ccn2)cc1)c1ccc(O[C@H]2C[C@H](Nc3ccc4c(c3)C(=O)N(C3CCC(=O)NC3=O)C4=O)C2)cc1. The zero-order valence-electron chi connectivity index (χ0n) is 28.5. The van der Waals surface area contributed by atoms with Gasteiger partial charge in [0.25, 0.3) is 11.8 Å². The van der Waals surface area contributed by atoms with Crippen LogP contribution in [0.25, 0.3) is 5.69 Å². The molecule has 1 saturated heterocycles. The summed E-state index contributed by atoms with van der Waals surface area (Å²) in [6, 6.07) is 24.0. The molecular formula is C39H35N7O6. The molecule has 4 amide bonds. The maximum Gasteiger partial charge on any atom is 0.262 e. The van der Waals surface area contributed by atoms with Crippen molar-refractivity contribution in [3.05, 3.63) is 120 Å². The van der Waals surface area contributed by atoms with Gasteiger partial charge in [-0.15, -0.1) is 5.10 Å². The van der Waals surface area contributed by atoms with Crippen molar-refractivity contribution in [2.45, 2.75) is 63.1 Å². The number of carbonyl (C=O) groups excluding carboxylic acids is 4. The lowest BCUT2D eigenvalue weighted by atomic mass is 9.78. The Bertz CT molecular complexity index is 2180. The number of nitrogens with one attached hydrogen (secondary N) is 2. The van der Waals surface area contributed by atoms with Crippen molar-refractivity contribution >= 4 is 29.3 Å². The number of anilines is 1. The number of aromatic nitrogens is 4. The summed E-state index contributed by atoms with van der Waals surface area (Å²) < 4.78 is 13.9. The van der Waals surface area contributed by atoms with E-state index in [0.29, 0.717) is 17.3 Å². The van der Waals surface area contributed by atoms with Crippen LogP contribution in [0.5, 0.6) is 17.4 Å². The number of amides is 4. The molecule has 5 aromatic rings. The number of nitrogens with zero attached hydrogens (tertiary/aromatic N) is 5. The van der Waals surface area contributed by atoms with Crippen LogP contribution in [0.1, 0.15) is 71.4 Å². The van der Waals surface area contributed by atoms with Crippen LogP contribution in [-0.4, -0.2) is 66.7 Å². The van der Waals surface area contributed by atoms with Gasteiger partial charge in [0.15, 0.2) is 0 Å². The van der Waals surface area contributed by atoms with Gasteiger partial charge in [0.2, 0.25) is 17.7 Å². The predicted molar refractivity (Wildman–Crippen MR) is 188 cm³/mol. The van der Waals surface area contributed by atoms with E-state index in [1.54, 1.807) is 47.5 Å². The van der Waals surface area contributed by atoms with Gasteiger partial charge >= 0.3 is 0 Å². The molecular weight excluding hydrogens is 662 g/mol. The second-order valence-corrected chi connectivity index (χ2v) is 13.7. The molecule has 0 radical (unpaired) electrons. The van der Waals surface area contributed by atoms with Crippen LogP contribution in [0.15, 0.2) is 97.5 Å². The summed E-state index contributed by atoms with van der Waals surface area (Å²) in [5.74, 6) is -0.136. The molecule has 13 heteroatoms. The van der Waals surface area contributed by atoms with E-state index in [0.717, 1.165) is 40.3 Å². The molecule has 13 nitrogen and oxygen atoms in total. The zero-order valence-corrected chi connectivity index (χ0v) is 28.5. The largest absolute Gasteiger partial charge is 0.490 e. The Morgan fingerprint density at radius 3 is 2.23 bits per heavy atom. The Morgan fingerprint density at radius 1 is 0.827 bits per heavy atom. The molecule has 1 aliphatic carbocycles. The first kappa shape index (κ1) is 32.8. The van der Waals surface area contributed by atoms with E-state index in [1.165, 1.54) is 0 Å². The Hall–Kier alpha value is -6.37. The van der Waals surface area contributed by atoms with Crippen LogP contribution < -0.4 is 20.1 Å². The molecule has 1 unspecified atom stereocenters. The van der Waals surface area contributed by atoms with Crippen LogP contribution in [0.2, 0.25) is 0 Å². The van der Waals surface area contributed by atoms with Crippen molar-refractivity contribution in [1.82, 2.24) is 30.2 Å². The van der Waals surface area contributed by atoms with E-state index in [9.17, 15) is 19.2 Å². The van der Waals surface area contributed by atoms with E-state index in [2.05, 4.69) is 64.0 Å². The van der Waals surface area contributed by atoms with Crippen molar-refractivity contribution in [3.8, 4) is 23.1 Å². The molecule has 2 fully saturated rings. The number of pyridine rings is 1. The Balaban J connectivity index is 0.840. The van der Waals surface area contributed by atoms with Crippen LogP contribution >= 0.6 is 0 Å². The highest BCUT2D eigenvalue weighted by molar-refractivity contribution is 6.23. The van der Waals surface area contributed by atoms with Gasteiger partial charge in [-0.25, -0.2) is 9.67 Å². The van der Waals surface area contributed by atoms with Gasteiger partial charge < -0.3 is 14.8 Å². The standard InChI is InChI=1S/C39H35N7O6/c1-39(2,24-5-10-29(11-6-24)52-35-22-27(15-16-40-35)45-18-17-41-44-45)23-3-8-28(9-4-23)51-30-19-26(20-30)42-25-7-12-31-32(21-25)38(50)46(37(31)49)33-13-14-34(47)43-36(33)48/h3-12,15-18,21-22,26,30,33,42H,13-14,19-20H2,1-2H3,(H,43,47,48)/t26-,30-,33?. The zero-order chi connectivity index (χ0) is 36.0. The number of hydrogen-bond acceptors (Lipinski definition) is 10. The molecule has 3 aromatic carbocycles. The molecule has 1 atom stereocenters. The van der Waals surface area contributed by atoms with E-state index < -0.39 is 29.7 Å². The van der Waals surface area contributed by atoms with Crippen molar-refractivity contribution in [3.63, 3.8) is 0 Å². The summed E-state index contributed by atoms with van der Waals surface area (Å²) in [6.07, 6.45) is 6.83. The molecule has 262 valence electrons. The number of fused-ring (bicyclic) bond motifs is 1. The second kappa shape index (κ2) is 13.1. The number of hydrogen-bond donors (Lipinski definition) is 2. The van der Waals surface area contributed by atoms with E-state index in [1.807, 2.05) is 30.3 Å². The summed E-state index contributed by atoms with van der Waals surface area (Å²) in [7, 11) is 0. The molecule has 4 heterocycles. The first-order chi connectivity index (χ1) is 25.1. The summed E-state index contributed by atoms with van der Waals surface area (Å²) in [5.41, 5.74) is 4.03. The first-order valence-electron chi connectivity index (χ1n) is 17.1. The maximum absolute atomic E-state index is 13.2. The maximum atomic E-state index is 13.2. The highest BCUT2D eigenvalue weighted by Crippen LogP contribution is 2.36. The Labute approximate surface area is 298 Å². The fraction of sp³-hybridized carbons (Fsp3) is 0.256. The van der Waals surface area contributed by atoms with E-state index in [4.69, 9.17) is 9.47 Å². The van der Waals surface area contributed by atoms with Crippen LogP contribution in [0.3, 0.4) is 0 Å². The van der Waals surface area contributed by atoms with Gasteiger partial charge in [-0.1, -0.05) is 43.3 Å². The van der Waals surface area contributed by atoms with Crippen LogP contribution in [-0.2, 0) is 15.0 Å². The third-order valence-electron chi connectivity index (χ3n) is 9.99. The lowest BCUT2D eigenvalue weighted by Gasteiger charge is -2.36. The fourth-order valence-corrected chi connectivity index (χ4v) is 6.89. The average molecular weight is 698 g/mol. The molecule has 2 aromatic heterocycles. The van der Waals surface area contributed by atoms with Gasteiger partial charge in [0.05, 0.1) is 29.2 Å². The van der Waals surface area contributed by atoms with Gasteiger partial charge in [-0.2, -0.15) is 0 Å². The number of ether oxygens (including phenoxy) is 2. The number of carbonyl (C=O) groups is 4. The van der Waals surface area contributed by atoms with Crippen LogP contribution in [0.4, 0.5) is 5.69 Å². The third-order valence-corrected chi connectivity index (χ3v) is 9.99. The molecule has 3 aliphatic rings. The number of rotatable bonds is 10. The summed E-state index contributed by atoms with van der Waals surface area (Å²) in [5, 5.41) is 13.5. The molecule has 0 spiro atoms. The highest BCUT2D eigenvalue weighted by atomic mass is 16.5. The minimum Gasteiger partial charge on any atom is -0.490 e. The Morgan fingerprint density at radius 2 is 1.54 bits per heavy atom. The number of piperidine rings is 1. The van der Waals surface area contributed by atoms with Crippen molar-refractivity contribution < 1.29 is 28.7 Å². The van der Waals surface area contributed by atoms with Crippen molar-refractivity contribution in [1.29, 1.82) is 0 Å². The van der Waals surface area contributed by atoms with Gasteiger partial charge in [0.1, 0.15) is 23.6 Å². The van der Waals surface area contributed by atoms with Crippen molar-refractivity contribution in [2.75, 3.05) is 5.32 Å². The molecule has 2 N–H and O–H groups in total. The Kier molecular flexibility index (Phi) is 8.25. The molecule has 52 heavy (non-hydrogen) atoms. The predicted octanol–water partition coefficient (Wildman–Crippen LogP) is 5.20. The topological polar surface area (TPSA) is 158 Å². The summed E-state index contributed by atoms with van der Waals surface area (Å²) in [4.78, 5) is 55.4. The monoisotopic (exact) mass is 697 g/mol. The number of imide groups is 2. The van der Waals surface area contributed by atoms with E-state index in [-0.39, 0.29) is 41.5 Å². The quantitative estimate of drug-likeness (QED) is 0.186. The first-order valence-corrected chi connectivity index (χ1v) is 17.1.